The zero-order valence-corrected chi connectivity index (χ0v) is 11.6. The maximum atomic E-state index is 12.2. The van der Waals surface area contributed by atoms with E-state index in [4.69, 9.17) is 0 Å². The van der Waals surface area contributed by atoms with Gasteiger partial charge in [0.15, 0.2) is 0 Å². The minimum Gasteiger partial charge on any atom is -0.333 e. The molecule has 0 aliphatic heterocycles. The summed E-state index contributed by atoms with van der Waals surface area (Å²) in [6, 6.07) is 16.2. The van der Waals surface area contributed by atoms with Crippen LogP contribution in [0.1, 0.15) is 33.1 Å². The number of nitrogens with zero attached hydrogens (tertiary/aromatic N) is 1. The van der Waals surface area contributed by atoms with Crippen molar-refractivity contribution in [1.29, 1.82) is 5.26 Å². The molecule has 2 aromatic rings. The van der Waals surface area contributed by atoms with Crippen molar-refractivity contribution in [3.8, 4) is 6.07 Å². The van der Waals surface area contributed by atoms with Crippen LogP contribution in [0, 0.1) is 25.2 Å². The van der Waals surface area contributed by atoms with Crippen LogP contribution in [0.3, 0.4) is 0 Å². The molecule has 3 heteroatoms. The van der Waals surface area contributed by atoms with E-state index in [-0.39, 0.29) is 5.91 Å². The van der Waals surface area contributed by atoms with Crippen LogP contribution in [-0.4, -0.2) is 5.91 Å². The molecule has 1 N–H and O–H groups in total. The van der Waals surface area contributed by atoms with Crippen molar-refractivity contribution in [3.63, 3.8) is 0 Å². The van der Waals surface area contributed by atoms with Crippen LogP contribution < -0.4 is 5.32 Å². The third-order valence-electron chi connectivity index (χ3n) is 3.31. The SMILES string of the molecule is Cc1ccc(C(=O)NC(C#N)c2ccccc2)cc1C. The lowest BCUT2D eigenvalue weighted by atomic mass is 10.0. The van der Waals surface area contributed by atoms with E-state index in [1.54, 1.807) is 6.07 Å². The number of carbonyl (C=O) groups excluding carboxylic acids is 1. The second-order valence-corrected chi connectivity index (χ2v) is 4.75. The van der Waals surface area contributed by atoms with E-state index in [1.807, 2.05) is 56.3 Å². The van der Waals surface area contributed by atoms with Gasteiger partial charge in [-0.1, -0.05) is 36.4 Å². The van der Waals surface area contributed by atoms with E-state index in [9.17, 15) is 10.1 Å². The molecule has 0 aliphatic carbocycles. The molecule has 0 spiro atoms. The van der Waals surface area contributed by atoms with Crippen LogP contribution in [0.2, 0.25) is 0 Å². The second kappa shape index (κ2) is 6.03. The Balaban J connectivity index is 2.18. The summed E-state index contributed by atoms with van der Waals surface area (Å²) in [5, 5.41) is 12.0. The molecule has 100 valence electrons. The monoisotopic (exact) mass is 264 g/mol. The maximum absolute atomic E-state index is 12.2. The fourth-order valence-electron chi connectivity index (χ4n) is 1.93. The van der Waals surface area contributed by atoms with Crippen molar-refractivity contribution in [3.05, 3.63) is 70.8 Å². The van der Waals surface area contributed by atoms with E-state index >= 15 is 0 Å². The number of hydrogen-bond acceptors (Lipinski definition) is 2. The van der Waals surface area contributed by atoms with E-state index in [2.05, 4.69) is 11.4 Å². The van der Waals surface area contributed by atoms with Gasteiger partial charge < -0.3 is 5.32 Å². The summed E-state index contributed by atoms with van der Waals surface area (Å²) in [6.45, 7) is 3.96. The Kier molecular flexibility index (Phi) is 4.17. The first-order valence-corrected chi connectivity index (χ1v) is 6.44. The first-order chi connectivity index (χ1) is 9.61. The fourth-order valence-corrected chi connectivity index (χ4v) is 1.93. The van der Waals surface area contributed by atoms with Crippen LogP contribution in [0.4, 0.5) is 0 Å². The number of carbonyl (C=O) groups is 1. The third-order valence-corrected chi connectivity index (χ3v) is 3.31. The minimum atomic E-state index is -0.634. The quantitative estimate of drug-likeness (QED) is 0.924. The van der Waals surface area contributed by atoms with Gasteiger partial charge in [-0.3, -0.25) is 4.79 Å². The molecule has 1 amide bonds. The smallest absolute Gasteiger partial charge is 0.252 e. The van der Waals surface area contributed by atoms with E-state index in [0.29, 0.717) is 5.56 Å². The Hall–Kier alpha value is -2.60. The average Bonchev–Trinajstić information content (AvgIpc) is 2.48. The first-order valence-electron chi connectivity index (χ1n) is 6.44. The third kappa shape index (κ3) is 3.04. The summed E-state index contributed by atoms with van der Waals surface area (Å²) in [7, 11) is 0. The van der Waals surface area contributed by atoms with E-state index in [0.717, 1.165) is 16.7 Å². The number of benzene rings is 2. The Bertz CT molecular complexity index is 656. The summed E-state index contributed by atoms with van der Waals surface area (Å²) in [6.07, 6.45) is 0. The normalized spacial score (nSPS) is 11.4. The number of amides is 1. The van der Waals surface area contributed by atoms with Crippen molar-refractivity contribution >= 4 is 5.91 Å². The highest BCUT2D eigenvalue weighted by atomic mass is 16.1. The molecule has 1 atom stereocenters. The Morgan fingerprint density at radius 2 is 1.80 bits per heavy atom. The summed E-state index contributed by atoms with van der Waals surface area (Å²) in [4.78, 5) is 12.2. The minimum absolute atomic E-state index is 0.233. The molecule has 2 rings (SSSR count). The lowest BCUT2D eigenvalue weighted by molar-refractivity contribution is 0.0945. The molecule has 0 heterocycles. The second-order valence-electron chi connectivity index (χ2n) is 4.75. The van der Waals surface area contributed by atoms with Gasteiger partial charge in [-0.25, -0.2) is 0 Å². The number of nitriles is 1. The van der Waals surface area contributed by atoms with Crippen molar-refractivity contribution in [2.45, 2.75) is 19.9 Å². The van der Waals surface area contributed by atoms with Gasteiger partial charge in [0.1, 0.15) is 6.04 Å². The number of rotatable bonds is 3. The molecule has 1 unspecified atom stereocenters. The van der Waals surface area contributed by atoms with Gasteiger partial charge in [-0.15, -0.1) is 0 Å². The van der Waals surface area contributed by atoms with Gasteiger partial charge in [0.05, 0.1) is 6.07 Å². The molecule has 0 bridgehead atoms. The van der Waals surface area contributed by atoms with Crippen LogP contribution in [0.5, 0.6) is 0 Å². The van der Waals surface area contributed by atoms with Gasteiger partial charge in [-0.2, -0.15) is 5.26 Å². The number of aryl methyl sites for hydroxylation is 2. The zero-order valence-electron chi connectivity index (χ0n) is 11.6. The topological polar surface area (TPSA) is 52.9 Å². The zero-order chi connectivity index (χ0) is 14.5. The number of hydrogen-bond donors (Lipinski definition) is 1. The molecular weight excluding hydrogens is 248 g/mol. The number of nitrogens with one attached hydrogen (secondary N) is 1. The molecule has 2 aromatic carbocycles. The Morgan fingerprint density at radius 1 is 1.10 bits per heavy atom. The van der Waals surface area contributed by atoms with Crippen LogP contribution in [-0.2, 0) is 0 Å². The molecular formula is C17H16N2O. The average molecular weight is 264 g/mol. The summed E-state index contributed by atoms with van der Waals surface area (Å²) in [5.41, 5.74) is 3.56. The predicted molar refractivity (Wildman–Crippen MR) is 78.2 cm³/mol. The van der Waals surface area contributed by atoms with Crippen molar-refractivity contribution < 1.29 is 4.79 Å². The molecule has 0 aliphatic rings. The fraction of sp³-hybridized carbons (Fsp3) is 0.176. The maximum Gasteiger partial charge on any atom is 0.252 e. The summed E-state index contributed by atoms with van der Waals surface area (Å²) < 4.78 is 0. The van der Waals surface area contributed by atoms with Gasteiger partial charge in [-0.05, 0) is 42.7 Å². The van der Waals surface area contributed by atoms with Crippen molar-refractivity contribution in [2.24, 2.45) is 0 Å². The Labute approximate surface area is 118 Å². The highest BCUT2D eigenvalue weighted by Gasteiger charge is 2.15. The Morgan fingerprint density at radius 3 is 2.40 bits per heavy atom. The lowest BCUT2D eigenvalue weighted by Gasteiger charge is -2.12. The molecule has 3 nitrogen and oxygen atoms in total. The molecule has 0 saturated heterocycles. The standard InChI is InChI=1S/C17H16N2O/c1-12-8-9-15(10-13(12)2)17(20)19-16(11-18)14-6-4-3-5-7-14/h3-10,16H,1-2H3,(H,19,20). The lowest BCUT2D eigenvalue weighted by Crippen LogP contribution is -2.27. The molecule has 0 radical (unpaired) electrons. The molecule has 20 heavy (non-hydrogen) atoms. The predicted octanol–water partition coefficient (Wildman–Crippen LogP) is 3.30. The molecule has 0 saturated carbocycles. The molecule has 0 aromatic heterocycles. The van der Waals surface area contributed by atoms with Gasteiger partial charge >= 0.3 is 0 Å². The highest BCUT2D eigenvalue weighted by Crippen LogP contribution is 2.14. The molecule has 0 fully saturated rings. The van der Waals surface area contributed by atoms with Gasteiger partial charge in [0.2, 0.25) is 0 Å². The summed E-state index contributed by atoms with van der Waals surface area (Å²) >= 11 is 0. The van der Waals surface area contributed by atoms with Gasteiger partial charge in [0.25, 0.3) is 5.91 Å². The van der Waals surface area contributed by atoms with E-state index < -0.39 is 6.04 Å². The van der Waals surface area contributed by atoms with Gasteiger partial charge in [0, 0.05) is 5.56 Å². The van der Waals surface area contributed by atoms with Crippen molar-refractivity contribution in [2.75, 3.05) is 0 Å². The largest absolute Gasteiger partial charge is 0.333 e. The van der Waals surface area contributed by atoms with Crippen molar-refractivity contribution in [1.82, 2.24) is 5.32 Å². The van der Waals surface area contributed by atoms with Crippen LogP contribution in [0.25, 0.3) is 0 Å². The highest BCUT2D eigenvalue weighted by molar-refractivity contribution is 5.94. The summed E-state index contributed by atoms with van der Waals surface area (Å²) in [5.74, 6) is -0.233. The first kappa shape index (κ1) is 13.8. The van der Waals surface area contributed by atoms with E-state index in [1.165, 1.54) is 0 Å². The van der Waals surface area contributed by atoms with Crippen LogP contribution in [0.15, 0.2) is 48.5 Å². The van der Waals surface area contributed by atoms with Crippen LogP contribution >= 0.6 is 0 Å².